The summed E-state index contributed by atoms with van der Waals surface area (Å²) in [6, 6.07) is 5.25. The monoisotopic (exact) mass is 372 g/mol. The van der Waals surface area contributed by atoms with E-state index in [0.29, 0.717) is 6.04 Å². The van der Waals surface area contributed by atoms with Gasteiger partial charge in [-0.05, 0) is 56.7 Å². The van der Waals surface area contributed by atoms with Crippen LogP contribution in [0.2, 0.25) is 0 Å². The van der Waals surface area contributed by atoms with Gasteiger partial charge in [0.05, 0.1) is 0 Å². The average molecular weight is 373 g/mol. The molecule has 0 aromatic heterocycles. The Bertz CT molecular complexity index is 556. The maximum atomic E-state index is 4.50. The van der Waals surface area contributed by atoms with E-state index in [9.17, 15) is 0 Å². The number of unbranched alkanes of at least 4 members (excludes halogenated alkanes) is 2. The number of nitrogens with zero attached hydrogens (tertiary/aromatic N) is 1. The molecule has 1 aromatic carbocycles. The molecule has 2 nitrogen and oxygen atoms in total. The topological polar surface area (TPSA) is 15.3 Å². The van der Waals surface area contributed by atoms with Crippen LogP contribution >= 0.6 is 0 Å². The van der Waals surface area contributed by atoms with E-state index in [2.05, 4.69) is 70.5 Å². The van der Waals surface area contributed by atoms with Crippen LogP contribution in [0, 0.1) is 13.8 Å². The molecule has 0 aliphatic heterocycles. The standard InChI is InChI=1S/C25H44N2/c1-8-12-13-17-27(16-11-4)22(7)24-19-25(21(6)18-20(24)5)26-23(14-9-2)15-10-3/h18-19,23,26H,7-17H2,1-6H3. The molecule has 1 rings (SSSR count). The second-order valence-corrected chi connectivity index (χ2v) is 8.04. The van der Waals surface area contributed by atoms with Crippen LogP contribution in [0.25, 0.3) is 5.70 Å². The van der Waals surface area contributed by atoms with Crippen molar-refractivity contribution in [3.8, 4) is 0 Å². The summed E-state index contributed by atoms with van der Waals surface area (Å²) in [4.78, 5) is 2.49. The van der Waals surface area contributed by atoms with Gasteiger partial charge in [0.2, 0.25) is 0 Å². The Balaban J connectivity index is 3.05. The van der Waals surface area contributed by atoms with Crippen LogP contribution in [0.3, 0.4) is 0 Å². The minimum absolute atomic E-state index is 0.568. The molecule has 154 valence electrons. The summed E-state index contributed by atoms with van der Waals surface area (Å²) in [7, 11) is 0. The Kier molecular flexibility index (Phi) is 11.2. The van der Waals surface area contributed by atoms with Crippen LogP contribution in [0.5, 0.6) is 0 Å². The van der Waals surface area contributed by atoms with Gasteiger partial charge in [0.1, 0.15) is 0 Å². The molecule has 1 aromatic rings. The van der Waals surface area contributed by atoms with E-state index in [1.807, 2.05) is 0 Å². The van der Waals surface area contributed by atoms with Gasteiger partial charge >= 0.3 is 0 Å². The Morgan fingerprint density at radius 2 is 1.56 bits per heavy atom. The predicted octanol–water partition coefficient (Wildman–Crippen LogP) is 7.56. The molecule has 0 aliphatic rings. The van der Waals surface area contributed by atoms with Crippen molar-refractivity contribution in [3.05, 3.63) is 35.4 Å². The van der Waals surface area contributed by atoms with E-state index in [1.165, 1.54) is 73.0 Å². The fourth-order valence-electron chi connectivity index (χ4n) is 3.90. The van der Waals surface area contributed by atoms with E-state index < -0.39 is 0 Å². The van der Waals surface area contributed by atoms with Gasteiger partial charge in [0, 0.05) is 36.1 Å². The van der Waals surface area contributed by atoms with Crippen molar-refractivity contribution in [3.63, 3.8) is 0 Å². The molecular formula is C25H44N2. The molecule has 0 heterocycles. The Hall–Kier alpha value is -1.44. The second-order valence-electron chi connectivity index (χ2n) is 8.04. The summed E-state index contributed by atoms with van der Waals surface area (Å²) in [6.45, 7) is 20.2. The third kappa shape index (κ3) is 7.60. The van der Waals surface area contributed by atoms with E-state index in [1.54, 1.807) is 0 Å². The molecule has 2 heteroatoms. The summed E-state index contributed by atoms with van der Waals surface area (Å²) in [5, 5.41) is 3.84. The number of aryl methyl sites for hydroxylation is 2. The molecule has 0 fully saturated rings. The minimum Gasteiger partial charge on any atom is -0.382 e. The maximum Gasteiger partial charge on any atom is 0.0379 e. The first-order valence-corrected chi connectivity index (χ1v) is 11.3. The zero-order chi connectivity index (χ0) is 20.2. The van der Waals surface area contributed by atoms with E-state index >= 15 is 0 Å². The molecule has 0 radical (unpaired) electrons. The van der Waals surface area contributed by atoms with Crippen molar-refractivity contribution in [1.82, 2.24) is 4.90 Å². The first-order chi connectivity index (χ1) is 13.0. The minimum atomic E-state index is 0.568. The van der Waals surface area contributed by atoms with Crippen molar-refractivity contribution in [1.29, 1.82) is 0 Å². The predicted molar refractivity (Wildman–Crippen MR) is 124 cm³/mol. The van der Waals surface area contributed by atoms with Crippen LogP contribution in [0.4, 0.5) is 5.69 Å². The van der Waals surface area contributed by atoms with Crippen molar-refractivity contribution >= 4 is 11.4 Å². The maximum absolute atomic E-state index is 4.50. The lowest BCUT2D eigenvalue weighted by molar-refractivity contribution is 0.384. The molecule has 0 saturated heterocycles. The molecule has 0 spiro atoms. The van der Waals surface area contributed by atoms with Crippen LogP contribution < -0.4 is 5.32 Å². The number of rotatable bonds is 14. The van der Waals surface area contributed by atoms with E-state index in [4.69, 9.17) is 0 Å². The number of hydrogen-bond donors (Lipinski definition) is 1. The fraction of sp³-hybridized carbons (Fsp3) is 0.680. The quantitative estimate of drug-likeness (QED) is 0.339. The summed E-state index contributed by atoms with van der Waals surface area (Å²) in [5.74, 6) is 0. The highest BCUT2D eigenvalue weighted by Crippen LogP contribution is 2.29. The lowest BCUT2D eigenvalue weighted by Gasteiger charge is -2.29. The largest absolute Gasteiger partial charge is 0.382 e. The first kappa shape index (κ1) is 23.6. The molecule has 0 atom stereocenters. The van der Waals surface area contributed by atoms with Crippen molar-refractivity contribution in [2.24, 2.45) is 0 Å². The lowest BCUT2D eigenvalue weighted by atomic mass is 9.99. The summed E-state index contributed by atoms with van der Waals surface area (Å²) in [6.07, 6.45) is 9.89. The summed E-state index contributed by atoms with van der Waals surface area (Å²) in [5.41, 5.74) is 6.46. The first-order valence-electron chi connectivity index (χ1n) is 11.3. The van der Waals surface area contributed by atoms with Crippen molar-refractivity contribution in [2.45, 2.75) is 99.0 Å². The number of nitrogens with one attached hydrogen (secondary N) is 1. The summed E-state index contributed by atoms with van der Waals surface area (Å²) < 4.78 is 0. The van der Waals surface area contributed by atoms with E-state index in [-0.39, 0.29) is 0 Å². The van der Waals surface area contributed by atoms with Crippen LogP contribution in [0.15, 0.2) is 18.7 Å². The normalized spacial score (nSPS) is 11.1. The van der Waals surface area contributed by atoms with Crippen molar-refractivity contribution in [2.75, 3.05) is 18.4 Å². The highest BCUT2D eigenvalue weighted by Gasteiger charge is 2.15. The lowest BCUT2D eigenvalue weighted by Crippen LogP contribution is -2.24. The summed E-state index contributed by atoms with van der Waals surface area (Å²) >= 11 is 0. The SMILES string of the molecule is C=C(c1cc(NC(CCC)CCC)c(C)cc1C)N(CCC)CCCCC. The third-order valence-electron chi connectivity index (χ3n) is 5.42. The molecular weight excluding hydrogens is 328 g/mol. The van der Waals surface area contributed by atoms with Crippen LogP contribution in [0.1, 0.15) is 95.8 Å². The molecule has 0 unspecified atom stereocenters. The third-order valence-corrected chi connectivity index (χ3v) is 5.42. The molecule has 0 aliphatic carbocycles. The molecule has 0 saturated carbocycles. The van der Waals surface area contributed by atoms with E-state index in [0.717, 1.165) is 19.5 Å². The number of anilines is 1. The highest BCUT2D eigenvalue weighted by atomic mass is 15.1. The molecule has 0 bridgehead atoms. The van der Waals surface area contributed by atoms with Gasteiger partial charge < -0.3 is 10.2 Å². The highest BCUT2D eigenvalue weighted by molar-refractivity contribution is 5.70. The van der Waals surface area contributed by atoms with Gasteiger partial charge in [-0.3, -0.25) is 0 Å². The molecule has 1 N–H and O–H groups in total. The second kappa shape index (κ2) is 12.9. The molecule has 27 heavy (non-hydrogen) atoms. The van der Waals surface area contributed by atoms with Gasteiger partial charge in [0.25, 0.3) is 0 Å². The molecule has 0 amide bonds. The smallest absolute Gasteiger partial charge is 0.0379 e. The van der Waals surface area contributed by atoms with Gasteiger partial charge in [-0.1, -0.05) is 66.0 Å². The van der Waals surface area contributed by atoms with Gasteiger partial charge in [-0.25, -0.2) is 0 Å². The Labute approximate surface area is 169 Å². The van der Waals surface area contributed by atoms with Crippen LogP contribution in [-0.2, 0) is 0 Å². The van der Waals surface area contributed by atoms with Crippen molar-refractivity contribution < 1.29 is 0 Å². The zero-order valence-corrected chi connectivity index (χ0v) is 19.0. The Morgan fingerprint density at radius 1 is 0.889 bits per heavy atom. The average Bonchev–Trinajstić information content (AvgIpc) is 2.63. The Morgan fingerprint density at radius 3 is 2.11 bits per heavy atom. The van der Waals surface area contributed by atoms with Crippen LogP contribution in [-0.4, -0.2) is 24.0 Å². The van der Waals surface area contributed by atoms with Gasteiger partial charge in [0.15, 0.2) is 0 Å². The number of benzene rings is 1. The fourth-order valence-corrected chi connectivity index (χ4v) is 3.90. The number of hydrogen-bond acceptors (Lipinski definition) is 2. The zero-order valence-electron chi connectivity index (χ0n) is 19.0. The van der Waals surface area contributed by atoms with Gasteiger partial charge in [-0.2, -0.15) is 0 Å². The van der Waals surface area contributed by atoms with Gasteiger partial charge in [-0.15, -0.1) is 0 Å².